The third-order valence-electron chi connectivity index (χ3n) is 3.19. The number of hydrogen-bond donors (Lipinski definition) is 3. The largest absolute Gasteiger partial charge is 0.508 e. The van der Waals surface area contributed by atoms with Crippen molar-refractivity contribution in [2.45, 2.75) is 13.0 Å². The van der Waals surface area contributed by atoms with Gasteiger partial charge in [-0.25, -0.2) is 0 Å². The summed E-state index contributed by atoms with van der Waals surface area (Å²) in [5.41, 5.74) is 3.10. The first kappa shape index (κ1) is 11.6. The number of nitrogens with one attached hydrogen (secondary N) is 2. The van der Waals surface area contributed by atoms with Crippen LogP contribution >= 0.6 is 0 Å². The van der Waals surface area contributed by atoms with E-state index in [0.717, 1.165) is 22.2 Å². The molecule has 3 rings (SSSR count). The number of hydrogen-bond acceptors (Lipinski definition) is 3. The Hall–Kier alpha value is -2.49. The molecule has 2 aromatic carbocycles. The van der Waals surface area contributed by atoms with Crippen molar-refractivity contribution < 1.29 is 5.11 Å². The molecular formula is C15H15N3O. The van der Waals surface area contributed by atoms with E-state index in [4.69, 9.17) is 0 Å². The lowest BCUT2D eigenvalue weighted by molar-refractivity contribution is 0.474. The molecule has 4 nitrogen and oxygen atoms in total. The molecule has 0 radical (unpaired) electrons. The van der Waals surface area contributed by atoms with Crippen LogP contribution in [0.5, 0.6) is 5.75 Å². The van der Waals surface area contributed by atoms with Gasteiger partial charge >= 0.3 is 0 Å². The van der Waals surface area contributed by atoms with Gasteiger partial charge in [0.1, 0.15) is 5.75 Å². The Morgan fingerprint density at radius 2 is 2.11 bits per heavy atom. The van der Waals surface area contributed by atoms with E-state index in [0.29, 0.717) is 0 Å². The molecule has 4 heteroatoms. The van der Waals surface area contributed by atoms with E-state index in [2.05, 4.69) is 28.5 Å². The smallest absolute Gasteiger partial charge is 0.115 e. The Balaban J connectivity index is 1.83. The van der Waals surface area contributed by atoms with Crippen LogP contribution in [0, 0.1) is 0 Å². The summed E-state index contributed by atoms with van der Waals surface area (Å²) in [6, 6.07) is 13.5. The molecule has 0 amide bonds. The summed E-state index contributed by atoms with van der Waals surface area (Å²) in [7, 11) is 0. The number of fused-ring (bicyclic) bond motifs is 1. The fourth-order valence-electron chi connectivity index (χ4n) is 2.16. The predicted octanol–water partition coefficient (Wildman–Crippen LogP) is 3.44. The van der Waals surface area contributed by atoms with E-state index in [1.165, 1.54) is 0 Å². The number of benzene rings is 2. The van der Waals surface area contributed by atoms with Gasteiger partial charge in [-0.3, -0.25) is 5.10 Å². The van der Waals surface area contributed by atoms with E-state index < -0.39 is 0 Å². The molecule has 0 aliphatic carbocycles. The number of phenolic OH excluding ortho intramolecular Hbond substituents is 1. The number of aromatic amines is 1. The average molecular weight is 253 g/mol. The summed E-state index contributed by atoms with van der Waals surface area (Å²) in [6.45, 7) is 2.06. The van der Waals surface area contributed by atoms with Crippen LogP contribution in [-0.4, -0.2) is 15.3 Å². The summed E-state index contributed by atoms with van der Waals surface area (Å²) in [4.78, 5) is 0. The summed E-state index contributed by atoms with van der Waals surface area (Å²) >= 11 is 0. The molecule has 3 aromatic rings. The van der Waals surface area contributed by atoms with Crippen LogP contribution in [0.25, 0.3) is 10.9 Å². The standard InChI is InChI=1S/C15H15N3O/c1-10(11-3-2-4-14(19)8-11)17-13-5-6-15-12(7-13)9-16-18-15/h2-10,17,19H,1H3,(H,16,18). The second-order valence-corrected chi connectivity index (χ2v) is 4.63. The zero-order chi connectivity index (χ0) is 13.2. The van der Waals surface area contributed by atoms with Gasteiger partial charge in [0.2, 0.25) is 0 Å². The minimum absolute atomic E-state index is 0.122. The molecule has 1 heterocycles. The van der Waals surface area contributed by atoms with E-state index in [-0.39, 0.29) is 11.8 Å². The Labute approximate surface area is 111 Å². The molecule has 0 bridgehead atoms. The molecular weight excluding hydrogens is 238 g/mol. The number of nitrogens with zero attached hydrogens (tertiary/aromatic N) is 1. The lowest BCUT2D eigenvalue weighted by atomic mass is 10.1. The van der Waals surface area contributed by atoms with Crippen molar-refractivity contribution in [1.29, 1.82) is 0 Å². The molecule has 19 heavy (non-hydrogen) atoms. The minimum Gasteiger partial charge on any atom is -0.508 e. The molecule has 1 aromatic heterocycles. The summed E-state index contributed by atoms with van der Waals surface area (Å²) in [5.74, 6) is 0.288. The topological polar surface area (TPSA) is 60.9 Å². The van der Waals surface area contributed by atoms with Crippen LogP contribution in [0.15, 0.2) is 48.7 Å². The van der Waals surface area contributed by atoms with Gasteiger partial charge in [-0.05, 0) is 42.8 Å². The van der Waals surface area contributed by atoms with Crippen LogP contribution in [0.4, 0.5) is 5.69 Å². The maximum atomic E-state index is 9.50. The fraction of sp³-hybridized carbons (Fsp3) is 0.133. The highest BCUT2D eigenvalue weighted by atomic mass is 16.3. The normalized spacial score (nSPS) is 12.5. The van der Waals surface area contributed by atoms with Gasteiger partial charge < -0.3 is 10.4 Å². The highest BCUT2D eigenvalue weighted by Gasteiger charge is 2.06. The molecule has 3 N–H and O–H groups in total. The third kappa shape index (κ3) is 2.38. The van der Waals surface area contributed by atoms with E-state index in [9.17, 15) is 5.11 Å². The minimum atomic E-state index is 0.122. The van der Waals surface area contributed by atoms with Gasteiger partial charge in [0.15, 0.2) is 0 Å². The highest BCUT2D eigenvalue weighted by molar-refractivity contribution is 5.81. The zero-order valence-corrected chi connectivity index (χ0v) is 10.6. The lowest BCUT2D eigenvalue weighted by Gasteiger charge is -2.16. The van der Waals surface area contributed by atoms with Crippen molar-refractivity contribution in [3.8, 4) is 5.75 Å². The molecule has 0 aliphatic rings. The SMILES string of the molecule is CC(Nc1ccc2[nH]ncc2c1)c1cccc(O)c1. The van der Waals surface area contributed by atoms with Crippen LogP contribution < -0.4 is 5.32 Å². The van der Waals surface area contributed by atoms with E-state index >= 15 is 0 Å². The maximum absolute atomic E-state index is 9.50. The van der Waals surface area contributed by atoms with Crippen molar-refractivity contribution in [3.63, 3.8) is 0 Å². The summed E-state index contributed by atoms with van der Waals surface area (Å²) in [5, 5.41) is 20.9. The van der Waals surface area contributed by atoms with E-state index in [1.807, 2.05) is 24.3 Å². The summed E-state index contributed by atoms with van der Waals surface area (Å²) in [6.07, 6.45) is 1.81. The third-order valence-corrected chi connectivity index (χ3v) is 3.19. The van der Waals surface area contributed by atoms with Crippen molar-refractivity contribution in [3.05, 3.63) is 54.2 Å². The Morgan fingerprint density at radius 1 is 1.21 bits per heavy atom. The lowest BCUT2D eigenvalue weighted by Crippen LogP contribution is -2.06. The van der Waals surface area contributed by atoms with Crippen LogP contribution in [-0.2, 0) is 0 Å². The Kier molecular flexibility index (Phi) is 2.83. The molecule has 1 unspecified atom stereocenters. The monoisotopic (exact) mass is 253 g/mol. The van der Waals surface area contributed by atoms with Crippen LogP contribution in [0.3, 0.4) is 0 Å². The van der Waals surface area contributed by atoms with Crippen LogP contribution in [0.1, 0.15) is 18.5 Å². The highest BCUT2D eigenvalue weighted by Crippen LogP contribution is 2.24. The second-order valence-electron chi connectivity index (χ2n) is 4.63. The van der Waals surface area contributed by atoms with E-state index in [1.54, 1.807) is 18.3 Å². The van der Waals surface area contributed by atoms with Crippen molar-refractivity contribution in [1.82, 2.24) is 10.2 Å². The number of phenols is 1. The molecule has 0 saturated carbocycles. The maximum Gasteiger partial charge on any atom is 0.115 e. The Bertz CT molecular complexity index is 705. The average Bonchev–Trinajstić information content (AvgIpc) is 2.86. The van der Waals surface area contributed by atoms with Crippen LogP contribution in [0.2, 0.25) is 0 Å². The first-order chi connectivity index (χ1) is 9.22. The molecule has 0 aliphatic heterocycles. The fourth-order valence-corrected chi connectivity index (χ4v) is 2.16. The molecule has 1 atom stereocenters. The zero-order valence-electron chi connectivity index (χ0n) is 10.6. The first-order valence-corrected chi connectivity index (χ1v) is 6.21. The number of aromatic hydroxyl groups is 1. The van der Waals surface area contributed by atoms with Gasteiger partial charge in [0.05, 0.1) is 11.7 Å². The van der Waals surface area contributed by atoms with Gasteiger partial charge in [-0.1, -0.05) is 12.1 Å². The molecule has 96 valence electrons. The predicted molar refractivity (Wildman–Crippen MR) is 76.2 cm³/mol. The number of aromatic nitrogens is 2. The van der Waals surface area contributed by atoms with Crippen molar-refractivity contribution >= 4 is 16.6 Å². The quantitative estimate of drug-likeness (QED) is 0.670. The summed E-state index contributed by atoms with van der Waals surface area (Å²) < 4.78 is 0. The molecule has 0 fully saturated rings. The molecule has 0 spiro atoms. The van der Waals surface area contributed by atoms with Gasteiger partial charge in [-0.2, -0.15) is 5.10 Å². The molecule has 0 saturated heterocycles. The van der Waals surface area contributed by atoms with Crippen molar-refractivity contribution in [2.24, 2.45) is 0 Å². The first-order valence-electron chi connectivity index (χ1n) is 6.21. The van der Waals surface area contributed by atoms with Gasteiger partial charge in [-0.15, -0.1) is 0 Å². The number of rotatable bonds is 3. The number of anilines is 1. The van der Waals surface area contributed by atoms with Gasteiger partial charge in [0, 0.05) is 17.1 Å². The van der Waals surface area contributed by atoms with Crippen molar-refractivity contribution in [2.75, 3.05) is 5.32 Å². The van der Waals surface area contributed by atoms with Gasteiger partial charge in [0.25, 0.3) is 0 Å². The number of H-pyrrole nitrogens is 1. The second kappa shape index (κ2) is 4.65. The Morgan fingerprint density at radius 3 is 2.95 bits per heavy atom.